The molecule has 1 rings (SSSR count). The summed E-state index contributed by atoms with van der Waals surface area (Å²) in [6, 6.07) is 6.22. The molecule has 0 fully saturated rings. The van der Waals surface area contributed by atoms with Crippen molar-refractivity contribution >= 4 is 27.4 Å². The number of aryl methyl sites for hydroxylation is 1. The summed E-state index contributed by atoms with van der Waals surface area (Å²) in [6.45, 7) is 4.45. The Hall–Kier alpha value is -0.830. The van der Waals surface area contributed by atoms with Gasteiger partial charge in [0.15, 0.2) is 0 Å². The lowest BCUT2D eigenvalue weighted by Gasteiger charge is -2.19. The lowest BCUT2D eigenvalue weighted by molar-refractivity contribution is -0.116. The fourth-order valence-electron chi connectivity index (χ4n) is 1.27. The Labute approximate surface area is 99.4 Å². The number of ketones is 1. The number of carbonyl (C=O) groups excluding carboxylic acids is 1. The Kier molecular flexibility index (Phi) is 4.33. The highest BCUT2D eigenvalue weighted by atomic mass is 79.9. The molecule has 0 bridgehead atoms. The lowest BCUT2D eigenvalue weighted by Crippen LogP contribution is -2.20. The summed E-state index contributed by atoms with van der Waals surface area (Å²) in [7, 11) is 2.00. The number of hydrogen-bond acceptors (Lipinski definition) is 2. The minimum Gasteiger partial charge on any atom is -0.374 e. The van der Waals surface area contributed by atoms with Gasteiger partial charge in [0.05, 0.1) is 0 Å². The smallest absolute Gasteiger partial charge is 0.131 e. The second kappa shape index (κ2) is 5.31. The standard InChI is InChI=1S/C12H16BrNO/c1-9-4-5-11(8-12(9)13)14(3)7-6-10(2)15/h4-5,8H,6-7H2,1-3H3. The molecule has 0 aromatic heterocycles. The van der Waals surface area contributed by atoms with Crippen LogP contribution in [0, 0.1) is 6.92 Å². The molecule has 82 valence electrons. The zero-order valence-corrected chi connectivity index (χ0v) is 11.0. The van der Waals surface area contributed by atoms with Crippen molar-refractivity contribution < 1.29 is 4.79 Å². The van der Waals surface area contributed by atoms with Crippen LogP contribution in [0.5, 0.6) is 0 Å². The van der Waals surface area contributed by atoms with Gasteiger partial charge in [0.2, 0.25) is 0 Å². The van der Waals surface area contributed by atoms with Gasteiger partial charge in [0.1, 0.15) is 5.78 Å². The van der Waals surface area contributed by atoms with Crippen molar-refractivity contribution in [3.8, 4) is 0 Å². The van der Waals surface area contributed by atoms with E-state index in [2.05, 4.69) is 46.0 Å². The normalized spacial score (nSPS) is 10.1. The van der Waals surface area contributed by atoms with Gasteiger partial charge >= 0.3 is 0 Å². The molecule has 0 N–H and O–H groups in total. The van der Waals surface area contributed by atoms with E-state index in [9.17, 15) is 4.79 Å². The molecule has 0 aliphatic heterocycles. The first kappa shape index (κ1) is 12.2. The topological polar surface area (TPSA) is 20.3 Å². The molecule has 0 unspecified atom stereocenters. The number of Topliss-reactive ketones (excluding diaryl/α,β-unsaturated/α-hetero) is 1. The molecule has 0 saturated heterocycles. The molecule has 0 spiro atoms. The number of carbonyl (C=O) groups is 1. The highest BCUT2D eigenvalue weighted by Crippen LogP contribution is 2.22. The van der Waals surface area contributed by atoms with E-state index in [-0.39, 0.29) is 5.78 Å². The van der Waals surface area contributed by atoms with Crippen molar-refractivity contribution in [2.75, 3.05) is 18.5 Å². The number of halogens is 1. The molecule has 0 atom stereocenters. The molecular weight excluding hydrogens is 254 g/mol. The number of rotatable bonds is 4. The monoisotopic (exact) mass is 269 g/mol. The molecule has 3 heteroatoms. The van der Waals surface area contributed by atoms with E-state index in [0.29, 0.717) is 6.42 Å². The first-order valence-electron chi connectivity index (χ1n) is 4.97. The Morgan fingerprint density at radius 2 is 2.13 bits per heavy atom. The Morgan fingerprint density at radius 1 is 1.47 bits per heavy atom. The van der Waals surface area contributed by atoms with E-state index in [1.54, 1.807) is 6.92 Å². The summed E-state index contributed by atoms with van der Waals surface area (Å²) in [5.74, 6) is 0.230. The summed E-state index contributed by atoms with van der Waals surface area (Å²) in [4.78, 5) is 13.0. The first-order chi connectivity index (χ1) is 7.00. The SMILES string of the molecule is CC(=O)CCN(C)c1ccc(C)c(Br)c1. The second-order valence-corrected chi connectivity index (χ2v) is 4.66. The summed E-state index contributed by atoms with van der Waals surface area (Å²) < 4.78 is 1.11. The van der Waals surface area contributed by atoms with Gasteiger partial charge < -0.3 is 4.90 Å². The van der Waals surface area contributed by atoms with Gasteiger partial charge in [-0.2, -0.15) is 0 Å². The molecule has 0 amide bonds. The second-order valence-electron chi connectivity index (χ2n) is 3.81. The fraction of sp³-hybridized carbons (Fsp3) is 0.417. The molecule has 1 aromatic carbocycles. The molecule has 0 heterocycles. The predicted molar refractivity (Wildman–Crippen MR) is 67.4 cm³/mol. The van der Waals surface area contributed by atoms with Crippen LogP contribution in [0.1, 0.15) is 18.9 Å². The number of nitrogens with zero attached hydrogens (tertiary/aromatic N) is 1. The van der Waals surface area contributed by atoms with Gasteiger partial charge in [-0.3, -0.25) is 4.79 Å². The molecule has 1 aromatic rings. The van der Waals surface area contributed by atoms with Gasteiger partial charge in [-0.1, -0.05) is 22.0 Å². The van der Waals surface area contributed by atoms with Gasteiger partial charge in [0, 0.05) is 30.2 Å². The minimum absolute atomic E-state index is 0.230. The van der Waals surface area contributed by atoms with Crippen LogP contribution < -0.4 is 4.90 Å². The van der Waals surface area contributed by atoms with Gasteiger partial charge in [-0.05, 0) is 31.5 Å². The molecule has 15 heavy (non-hydrogen) atoms. The summed E-state index contributed by atoms with van der Waals surface area (Å²) in [6.07, 6.45) is 0.599. The lowest BCUT2D eigenvalue weighted by atomic mass is 10.2. The van der Waals surface area contributed by atoms with Crippen LogP contribution in [0.4, 0.5) is 5.69 Å². The number of benzene rings is 1. The number of anilines is 1. The van der Waals surface area contributed by atoms with E-state index in [1.807, 2.05) is 7.05 Å². The average molecular weight is 270 g/mol. The van der Waals surface area contributed by atoms with Crippen molar-refractivity contribution in [3.63, 3.8) is 0 Å². The van der Waals surface area contributed by atoms with Crippen molar-refractivity contribution in [3.05, 3.63) is 28.2 Å². The maximum Gasteiger partial charge on any atom is 0.131 e. The Bertz CT molecular complexity index is 363. The highest BCUT2D eigenvalue weighted by Gasteiger charge is 2.03. The van der Waals surface area contributed by atoms with Crippen LogP contribution in [-0.4, -0.2) is 19.4 Å². The molecule has 0 aliphatic rings. The van der Waals surface area contributed by atoms with Crippen LogP contribution in [0.25, 0.3) is 0 Å². The molecular formula is C12H16BrNO. The van der Waals surface area contributed by atoms with E-state index in [1.165, 1.54) is 5.56 Å². The predicted octanol–water partition coefficient (Wildman–Crippen LogP) is 3.17. The third kappa shape index (κ3) is 3.67. The molecule has 2 nitrogen and oxygen atoms in total. The van der Waals surface area contributed by atoms with Crippen molar-refractivity contribution in [2.45, 2.75) is 20.3 Å². The average Bonchev–Trinajstić information content (AvgIpc) is 2.18. The Balaban J connectivity index is 2.69. The van der Waals surface area contributed by atoms with Crippen LogP contribution >= 0.6 is 15.9 Å². The minimum atomic E-state index is 0.230. The quantitative estimate of drug-likeness (QED) is 0.837. The maximum atomic E-state index is 10.9. The zero-order valence-electron chi connectivity index (χ0n) is 9.38. The summed E-state index contributed by atoms with van der Waals surface area (Å²) >= 11 is 3.50. The largest absolute Gasteiger partial charge is 0.374 e. The van der Waals surface area contributed by atoms with Gasteiger partial charge in [0.25, 0.3) is 0 Å². The van der Waals surface area contributed by atoms with E-state index in [4.69, 9.17) is 0 Å². The van der Waals surface area contributed by atoms with Crippen LogP contribution in [0.2, 0.25) is 0 Å². The third-order valence-corrected chi connectivity index (χ3v) is 3.25. The maximum absolute atomic E-state index is 10.9. The van der Waals surface area contributed by atoms with E-state index >= 15 is 0 Å². The molecule has 0 aliphatic carbocycles. The van der Waals surface area contributed by atoms with Crippen molar-refractivity contribution in [1.29, 1.82) is 0 Å². The summed E-state index contributed by atoms with van der Waals surface area (Å²) in [5, 5.41) is 0. The van der Waals surface area contributed by atoms with E-state index in [0.717, 1.165) is 16.7 Å². The Morgan fingerprint density at radius 3 is 2.67 bits per heavy atom. The molecule has 0 saturated carbocycles. The first-order valence-corrected chi connectivity index (χ1v) is 5.76. The van der Waals surface area contributed by atoms with Gasteiger partial charge in [-0.15, -0.1) is 0 Å². The van der Waals surface area contributed by atoms with Crippen LogP contribution in [-0.2, 0) is 4.79 Å². The summed E-state index contributed by atoms with van der Waals surface area (Å²) in [5.41, 5.74) is 2.35. The van der Waals surface area contributed by atoms with Crippen LogP contribution in [0.15, 0.2) is 22.7 Å². The van der Waals surface area contributed by atoms with Crippen LogP contribution in [0.3, 0.4) is 0 Å². The number of hydrogen-bond donors (Lipinski definition) is 0. The van der Waals surface area contributed by atoms with Crippen molar-refractivity contribution in [2.24, 2.45) is 0 Å². The van der Waals surface area contributed by atoms with Gasteiger partial charge in [-0.25, -0.2) is 0 Å². The van der Waals surface area contributed by atoms with Crippen molar-refractivity contribution in [1.82, 2.24) is 0 Å². The fourth-order valence-corrected chi connectivity index (χ4v) is 1.64. The van der Waals surface area contributed by atoms with E-state index < -0.39 is 0 Å². The zero-order chi connectivity index (χ0) is 11.4. The molecule has 0 radical (unpaired) electrons. The third-order valence-electron chi connectivity index (χ3n) is 2.40. The highest BCUT2D eigenvalue weighted by molar-refractivity contribution is 9.10.